The van der Waals surface area contributed by atoms with E-state index in [2.05, 4.69) is 17.0 Å². The molecule has 1 aliphatic heterocycles. The molecule has 1 aliphatic rings. The minimum absolute atomic E-state index is 0.0262. The molecule has 9 heteroatoms. The van der Waals surface area contributed by atoms with Gasteiger partial charge in [-0.3, -0.25) is 15.0 Å². The van der Waals surface area contributed by atoms with Gasteiger partial charge in [-0.1, -0.05) is 25.5 Å². The molecule has 8 nitrogen and oxygen atoms in total. The second-order valence-electron chi connectivity index (χ2n) is 6.34. The first kappa shape index (κ1) is 21.3. The number of piperazine rings is 1. The number of imide groups is 1. The van der Waals surface area contributed by atoms with Crippen LogP contribution in [0, 0.1) is 0 Å². The molecule has 0 spiro atoms. The molecule has 1 aromatic rings. The van der Waals surface area contributed by atoms with Crippen LogP contribution in [0.4, 0.5) is 4.79 Å². The second kappa shape index (κ2) is 9.82. The van der Waals surface area contributed by atoms with Crippen LogP contribution < -0.4 is 5.32 Å². The van der Waals surface area contributed by atoms with Gasteiger partial charge < -0.3 is 4.74 Å². The van der Waals surface area contributed by atoms with Gasteiger partial charge in [0.1, 0.15) is 0 Å². The Morgan fingerprint density at radius 2 is 1.70 bits per heavy atom. The van der Waals surface area contributed by atoms with Crippen molar-refractivity contribution < 1.29 is 22.7 Å². The average molecular weight is 397 g/mol. The van der Waals surface area contributed by atoms with Gasteiger partial charge >= 0.3 is 6.09 Å². The number of aryl methyl sites for hydroxylation is 1. The van der Waals surface area contributed by atoms with E-state index in [1.54, 1.807) is 19.1 Å². The van der Waals surface area contributed by atoms with Crippen molar-refractivity contribution in [2.24, 2.45) is 0 Å². The molecule has 1 aromatic carbocycles. The summed E-state index contributed by atoms with van der Waals surface area (Å²) in [6.07, 6.45) is 1.17. The van der Waals surface area contributed by atoms with Crippen LogP contribution in [0.25, 0.3) is 0 Å². The monoisotopic (exact) mass is 397 g/mol. The first-order chi connectivity index (χ1) is 12.9. The molecule has 0 atom stereocenters. The molecule has 2 amide bonds. The van der Waals surface area contributed by atoms with E-state index in [0.29, 0.717) is 26.2 Å². The first-order valence-corrected chi connectivity index (χ1v) is 10.6. The molecule has 1 heterocycles. The van der Waals surface area contributed by atoms with Crippen molar-refractivity contribution in [1.82, 2.24) is 14.5 Å². The number of amides is 2. The van der Waals surface area contributed by atoms with Crippen molar-refractivity contribution in [1.29, 1.82) is 0 Å². The number of carbonyl (C=O) groups is 2. The van der Waals surface area contributed by atoms with Crippen LogP contribution in [-0.2, 0) is 26.0 Å². The molecule has 0 aromatic heterocycles. The highest BCUT2D eigenvalue weighted by Gasteiger charge is 2.29. The average Bonchev–Trinajstić information content (AvgIpc) is 2.63. The van der Waals surface area contributed by atoms with Crippen LogP contribution in [-0.4, -0.2) is 69.0 Å². The number of benzene rings is 1. The van der Waals surface area contributed by atoms with Crippen LogP contribution in [0.15, 0.2) is 29.2 Å². The lowest BCUT2D eigenvalue weighted by atomic mass is 10.1. The largest absolute Gasteiger partial charge is 0.450 e. The Morgan fingerprint density at radius 1 is 1.07 bits per heavy atom. The van der Waals surface area contributed by atoms with E-state index in [1.165, 1.54) is 4.31 Å². The summed E-state index contributed by atoms with van der Waals surface area (Å²) in [5.41, 5.74) is 1.12. The Bertz CT molecular complexity index is 741. The lowest BCUT2D eigenvalue weighted by Gasteiger charge is -2.33. The van der Waals surface area contributed by atoms with Crippen molar-refractivity contribution in [3.63, 3.8) is 0 Å². The molecule has 150 valence electrons. The molecular weight excluding hydrogens is 370 g/mol. The summed E-state index contributed by atoms with van der Waals surface area (Å²) in [5, 5.41) is 2.14. The predicted octanol–water partition coefficient (Wildman–Crippen LogP) is 1.22. The Labute approximate surface area is 160 Å². The SMILES string of the molecule is CCCc1ccc(S(=O)(=O)N2CCN(CC(=O)NC(=O)OCC)CC2)cc1. The number of alkyl carbamates (subject to hydrolysis) is 1. The summed E-state index contributed by atoms with van der Waals surface area (Å²) in [7, 11) is -3.54. The molecule has 0 aliphatic carbocycles. The summed E-state index contributed by atoms with van der Waals surface area (Å²) < 4.78 is 31.6. The van der Waals surface area contributed by atoms with Crippen LogP contribution in [0.2, 0.25) is 0 Å². The predicted molar refractivity (Wildman–Crippen MR) is 101 cm³/mol. The van der Waals surface area contributed by atoms with Gasteiger partial charge in [-0.25, -0.2) is 13.2 Å². The van der Waals surface area contributed by atoms with Gasteiger partial charge in [0.25, 0.3) is 0 Å². The van der Waals surface area contributed by atoms with E-state index in [4.69, 9.17) is 0 Å². The molecular formula is C18H27N3O5S. The highest BCUT2D eigenvalue weighted by molar-refractivity contribution is 7.89. The number of hydrogen-bond acceptors (Lipinski definition) is 6. The Hall–Kier alpha value is -1.97. The molecule has 27 heavy (non-hydrogen) atoms. The molecule has 2 rings (SSSR count). The maximum Gasteiger partial charge on any atom is 0.413 e. The minimum atomic E-state index is -3.54. The molecule has 0 radical (unpaired) electrons. The number of rotatable bonds is 7. The molecule has 0 saturated carbocycles. The van der Waals surface area contributed by atoms with Crippen LogP contribution >= 0.6 is 0 Å². The Kier molecular flexibility index (Phi) is 7.76. The van der Waals surface area contributed by atoms with E-state index in [1.807, 2.05) is 17.0 Å². The zero-order valence-electron chi connectivity index (χ0n) is 15.8. The Morgan fingerprint density at radius 3 is 2.26 bits per heavy atom. The van der Waals surface area contributed by atoms with Crippen LogP contribution in [0.1, 0.15) is 25.8 Å². The minimum Gasteiger partial charge on any atom is -0.450 e. The van der Waals surface area contributed by atoms with E-state index < -0.39 is 22.0 Å². The highest BCUT2D eigenvalue weighted by atomic mass is 32.2. The third-order valence-electron chi connectivity index (χ3n) is 4.32. The van der Waals surface area contributed by atoms with Gasteiger partial charge in [0, 0.05) is 26.2 Å². The van der Waals surface area contributed by atoms with Crippen molar-refractivity contribution in [2.75, 3.05) is 39.3 Å². The maximum absolute atomic E-state index is 12.8. The van der Waals surface area contributed by atoms with Gasteiger partial charge in [0.05, 0.1) is 18.0 Å². The number of nitrogens with one attached hydrogen (secondary N) is 1. The van der Waals surface area contributed by atoms with Crippen LogP contribution in [0.3, 0.4) is 0 Å². The zero-order valence-corrected chi connectivity index (χ0v) is 16.6. The molecule has 0 unspecified atom stereocenters. The number of carbonyl (C=O) groups excluding carboxylic acids is 2. The number of sulfonamides is 1. The number of ether oxygens (including phenoxy) is 1. The van der Waals surface area contributed by atoms with Gasteiger partial charge in [-0.2, -0.15) is 4.31 Å². The summed E-state index contributed by atoms with van der Waals surface area (Å²) in [6.45, 7) is 5.38. The van der Waals surface area contributed by atoms with E-state index in [9.17, 15) is 18.0 Å². The fourth-order valence-electron chi connectivity index (χ4n) is 2.92. The van der Waals surface area contributed by atoms with Crippen molar-refractivity contribution in [3.8, 4) is 0 Å². The second-order valence-corrected chi connectivity index (χ2v) is 8.28. The van der Waals surface area contributed by atoms with Gasteiger partial charge in [-0.05, 0) is 31.0 Å². The molecule has 1 fully saturated rings. The third-order valence-corrected chi connectivity index (χ3v) is 6.23. The number of nitrogens with zero attached hydrogens (tertiary/aromatic N) is 2. The Balaban J connectivity index is 1.88. The van der Waals surface area contributed by atoms with E-state index >= 15 is 0 Å². The standard InChI is InChI=1S/C18H27N3O5S/c1-3-5-15-6-8-16(9-7-15)27(24,25)21-12-10-20(11-13-21)14-17(22)19-18(23)26-4-2/h6-9H,3-5,10-14H2,1-2H3,(H,19,22,23). The molecule has 1 N–H and O–H groups in total. The summed E-state index contributed by atoms with van der Waals surface area (Å²) in [6, 6.07) is 7.01. The quantitative estimate of drug-likeness (QED) is 0.743. The topological polar surface area (TPSA) is 96.0 Å². The fraction of sp³-hybridized carbons (Fsp3) is 0.556. The van der Waals surface area contributed by atoms with E-state index in [-0.39, 0.29) is 18.0 Å². The van der Waals surface area contributed by atoms with Gasteiger partial charge in [-0.15, -0.1) is 0 Å². The van der Waals surface area contributed by atoms with Gasteiger partial charge in [0.2, 0.25) is 15.9 Å². The van der Waals surface area contributed by atoms with Crippen LogP contribution in [0.5, 0.6) is 0 Å². The molecule has 0 bridgehead atoms. The smallest absolute Gasteiger partial charge is 0.413 e. The maximum atomic E-state index is 12.8. The zero-order chi connectivity index (χ0) is 19.9. The normalized spacial score (nSPS) is 16.1. The number of hydrogen-bond donors (Lipinski definition) is 1. The van der Waals surface area contributed by atoms with Crippen molar-refractivity contribution >= 4 is 22.0 Å². The summed E-state index contributed by atoms with van der Waals surface area (Å²) in [5.74, 6) is -0.462. The van der Waals surface area contributed by atoms with Crippen molar-refractivity contribution in [3.05, 3.63) is 29.8 Å². The van der Waals surface area contributed by atoms with Crippen molar-refractivity contribution in [2.45, 2.75) is 31.6 Å². The lowest BCUT2D eigenvalue weighted by molar-refractivity contribution is -0.121. The summed E-state index contributed by atoms with van der Waals surface area (Å²) >= 11 is 0. The third kappa shape index (κ3) is 6.02. The molecule has 1 saturated heterocycles. The fourth-order valence-corrected chi connectivity index (χ4v) is 4.34. The highest BCUT2D eigenvalue weighted by Crippen LogP contribution is 2.18. The summed E-state index contributed by atoms with van der Waals surface area (Å²) in [4.78, 5) is 25.1. The first-order valence-electron chi connectivity index (χ1n) is 9.14. The lowest BCUT2D eigenvalue weighted by Crippen LogP contribution is -2.51. The van der Waals surface area contributed by atoms with Gasteiger partial charge in [0.15, 0.2) is 0 Å². The van der Waals surface area contributed by atoms with E-state index in [0.717, 1.165) is 18.4 Å².